The second kappa shape index (κ2) is 25.3. The van der Waals surface area contributed by atoms with E-state index in [0.29, 0.717) is 57.7 Å². The molecule has 0 aromatic heterocycles. The van der Waals surface area contributed by atoms with Gasteiger partial charge in [-0.15, -0.1) is 0 Å². The minimum absolute atomic E-state index is 0.240. The van der Waals surface area contributed by atoms with Crippen LogP contribution >= 0.6 is 7.14 Å². The molecule has 0 radical (unpaired) electrons. The first-order valence-electron chi connectivity index (χ1n) is 28.7. The molecule has 10 rings (SSSR count). The Kier molecular flexibility index (Phi) is 17.6. The number of hydrogen-bond acceptors (Lipinski definition) is 8. The smallest absolute Gasteiger partial charge is 0.174 e. The molecule has 0 aliphatic rings. The summed E-state index contributed by atoms with van der Waals surface area (Å²) in [6.07, 6.45) is 2.48. The van der Waals surface area contributed by atoms with Crippen LogP contribution in [0.4, 0.5) is 0 Å². The van der Waals surface area contributed by atoms with Gasteiger partial charge in [0.25, 0.3) is 0 Å². The number of ether oxygens (including phenoxy) is 6. The van der Waals surface area contributed by atoms with E-state index in [1.54, 1.807) is 0 Å². The Bertz CT molecular complexity index is 3940. The van der Waals surface area contributed by atoms with E-state index in [1.165, 1.54) is 0 Å². The van der Waals surface area contributed by atoms with E-state index in [4.69, 9.17) is 28.4 Å². The van der Waals surface area contributed by atoms with Crippen molar-refractivity contribution in [3.8, 4) is 68.6 Å². The Hall–Kier alpha value is -9.23. The minimum Gasteiger partial charge on any atom is -0.507 e. The Labute approximate surface area is 501 Å². The highest BCUT2D eigenvalue weighted by Gasteiger charge is 2.34. The van der Waals surface area contributed by atoms with Crippen LogP contribution < -0.4 is 44.3 Å². The van der Waals surface area contributed by atoms with Gasteiger partial charge in [0.2, 0.25) is 0 Å². The maximum Gasteiger partial charge on any atom is 0.174 e. The summed E-state index contributed by atoms with van der Waals surface area (Å²) in [6, 6.07) is 65.3. The summed E-state index contributed by atoms with van der Waals surface area (Å²) >= 11 is 0. The first-order chi connectivity index (χ1) is 40.8. The molecule has 10 aromatic carbocycles. The molecule has 85 heavy (non-hydrogen) atoms. The molecule has 1 N–H and O–H groups in total. The minimum atomic E-state index is -3.44. The molecule has 0 saturated heterocycles. The van der Waals surface area contributed by atoms with Gasteiger partial charge in [-0.05, 0) is 238 Å². The van der Waals surface area contributed by atoms with Crippen molar-refractivity contribution in [2.45, 2.75) is 94.5 Å². The van der Waals surface area contributed by atoms with E-state index in [2.05, 4.69) is 110 Å². The lowest BCUT2D eigenvalue weighted by atomic mass is 9.96. The van der Waals surface area contributed by atoms with Gasteiger partial charge >= 0.3 is 0 Å². The maximum absolute atomic E-state index is 15.7. The predicted molar refractivity (Wildman–Crippen MR) is 347 cm³/mol. The van der Waals surface area contributed by atoms with E-state index >= 15 is 4.57 Å². The average molecular weight is 1150 g/mol. The fraction of sp³-hybridized carbons (Fsp3) is 0.184. The number of phenolic OH excluding ortho intramolecular Hbond substituents is 1. The molecule has 0 bridgehead atoms. The van der Waals surface area contributed by atoms with Crippen molar-refractivity contribution in [2.24, 2.45) is 0 Å². The van der Waals surface area contributed by atoms with Crippen molar-refractivity contribution in [3.63, 3.8) is 0 Å². The van der Waals surface area contributed by atoms with Gasteiger partial charge in [-0.3, -0.25) is 0 Å². The Morgan fingerprint density at radius 1 is 0.435 bits per heavy atom. The predicted octanol–water partition coefficient (Wildman–Crippen LogP) is 18.7. The standard InChI is InChI=1S/C76H73O8P/c1-12-57-23-25-59(26-24-57)47-79-65-35-36-70(71(45-65)85(78,68-19-15-13-16-20-68)69-21-17-14-18-22-69)80-48-60-29-33-64(34-30-60)81-63-31-27-58(28-32-63)46-76(10,11)84-75-55(8)43-67(44-56(75)9)83-74-53(6)39-62(40-54(74)7)61-37-51(4)73(52(5)38-61)82-66-41-49(2)72(77)50(3)42-66/h12-45,77H,1,46-48H2,2-11H3. The lowest BCUT2D eigenvalue weighted by Crippen LogP contribution is -2.31. The van der Waals surface area contributed by atoms with Crippen LogP contribution in [0.2, 0.25) is 0 Å². The fourth-order valence-electron chi connectivity index (χ4n) is 10.9. The summed E-state index contributed by atoms with van der Waals surface area (Å²) in [5, 5.41) is 12.2. The summed E-state index contributed by atoms with van der Waals surface area (Å²) in [7, 11) is -3.44. The average Bonchev–Trinajstić information content (AvgIpc) is 2.36. The van der Waals surface area contributed by atoms with E-state index < -0.39 is 12.7 Å². The van der Waals surface area contributed by atoms with Gasteiger partial charge in [0, 0.05) is 17.0 Å². The van der Waals surface area contributed by atoms with Gasteiger partial charge in [-0.25, -0.2) is 0 Å². The Morgan fingerprint density at radius 3 is 1.32 bits per heavy atom. The Morgan fingerprint density at radius 2 is 0.847 bits per heavy atom. The van der Waals surface area contributed by atoms with Crippen LogP contribution in [-0.2, 0) is 24.2 Å². The van der Waals surface area contributed by atoms with Crippen molar-refractivity contribution in [1.29, 1.82) is 0 Å². The Balaban J connectivity index is 0.764. The van der Waals surface area contributed by atoms with Crippen molar-refractivity contribution < 1.29 is 38.1 Å². The van der Waals surface area contributed by atoms with Gasteiger partial charge in [0.1, 0.15) is 76.3 Å². The van der Waals surface area contributed by atoms with E-state index in [0.717, 1.165) is 107 Å². The quantitative estimate of drug-likeness (QED) is 0.0712. The zero-order valence-electron chi connectivity index (χ0n) is 50.2. The molecule has 0 saturated carbocycles. The summed E-state index contributed by atoms with van der Waals surface area (Å²) in [6.45, 7) is 24.9. The van der Waals surface area contributed by atoms with Crippen LogP contribution in [0.5, 0.6) is 57.5 Å². The molecule has 8 nitrogen and oxygen atoms in total. The van der Waals surface area contributed by atoms with E-state index in [1.807, 2.05) is 172 Å². The molecule has 0 unspecified atom stereocenters. The SMILES string of the molecule is C=Cc1ccc(COc2ccc(OCc3ccc(Oc4ccc(CC(C)(C)Oc5c(C)cc(Oc6c(C)cc(-c7cc(C)c(Oc8cc(C)c(O)c(C)c8)c(C)c7)cc6C)cc5C)cc4)cc3)c(P(=O)(c3ccccc3)c3ccccc3)c2)cc1. The van der Waals surface area contributed by atoms with Crippen LogP contribution in [0.15, 0.2) is 207 Å². The molecule has 0 amide bonds. The molecular weight excluding hydrogens is 1070 g/mol. The number of rotatable bonds is 21. The zero-order chi connectivity index (χ0) is 60.0. The van der Waals surface area contributed by atoms with E-state index in [9.17, 15) is 5.11 Å². The van der Waals surface area contributed by atoms with Crippen LogP contribution in [0.3, 0.4) is 0 Å². The molecule has 10 aromatic rings. The molecule has 430 valence electrons. The first kappa shape index (κ1) is 58.9. The van der Waals surface area contributed by atoms with Crippen LogP contribution in [0.25, 0.3) is 17.2 Å². The summed E-state index contributed by atoms with van der Waals surface area (Å²) in [5.74, 6) is 6.76. The van der Waals surface area contributed by atoms with E-state index in [-0.39, 0.29) is 6.61 Å². The molecule has 0 aliphatic carbocycles. The number of hydrogen-bond donors (Lipinski definition) is 1. The normalized spacial score (nSPS) is 11.5. The second-order valence-electron chi connectivity index (χ2n) is 22.7. The first-order valence-corrected chi connectivity index (χ1v) is 30.4. The molecule has 0 heterocycles. The fourth-order valence-corrected chi connectivity index (χ4v) is 13.7. The third-order valence-electron chi connectivity index (χ3n) is 15.2. The number of aryl methyl sites for hydroxylation is 8. The van der Waals surface area contributed by atoms with Gasteiger partial charge < -0.3 is 38.1 Å². The summed E-state index contributed by atoms with van der Waals surface area (Å²) in [5.41, 5.74) is 13.4. The lowest BCUT2D eigenvalue weighted by molar-refractivity contribution is 0.108. The van der Waals surface area contributed by atoms with Gasteiger partial charge in [0.05, 0.1) is 5.30 Å². The molecular formula is C76H73O8P. The van der Waals surface area contributed by atoms with Gasteiger partial charge in [-0.2, -0.15) is 0 Å². The van der Waals surface area contributed by atoms with Crippen molar-refractivity contribution in [3.05, 3.63) is 274 Å². The largest absolute Gasteiger partial charge is 0.507 e. The third-order valence-corrected chi connectivity index (χ3v) is 18.3. The van der Waals surface area contributed by atoms with Crippen molar-refractivity contribution in [2.75, 3.05) is 0 Å². The molecule has 0 aliphatic heterocycles. The summed E-state index contributed by atoms with van der Waals surface area (Å²) in [4.78, 5) is 0. The van der Waals surface area contributed by atoms with Gasteiger partial charge in [-0.1, -0.05) is 122 Å². The second-order valence-corrected chi connectivity index (χ2v) is 25.5. The highest BCUT2D eigenvalue weighted by atomic mass is 31.2. The number of benzene rings is 10. The van der Waals surface area contributed by atoms with Crippen LogP contribution in [0, 0.1) is 55.4 Å². The maximum atomic E-state index is 15.7. The number of phenols is 1. The van der Waals surface area contributed by atoms with Crippen molar-refractivity contribution in [1.82, 2.24) is 0 Å². The highest BCUT2D eigenvalue weighted by Crippen LogP contribution is 2.47. The third kappa shape index (κ3) is 13.7. The summed E-state index contributed by atoms with van der Waals surface area (Å²) < 4.78 is 54.8. The topological polar surface area (TPSA) is 92.7 Å². The highest BCUT2D eigenvalue weighted by molar-refractivity contribution is 7.85. The van der Waals surface area contributed by atoms with Crippen molar-refractivity contribution >= 4 is 29.1 Å². The molecule has 9 heteroatoms. The molecule has 0 fully saturated rings. The molecule has 0 spiro atoms. The lowest BCUT2D eigenvalue weighted by Gasteiger charge is -2.29. The zero-order valence-corrected chi connectivity index (χ0v) is 51.1. The molecule has 0 atom stereocenters. The van der Waals surface area contributed by atoms with Crippen LogP contribution in [0.1, 0.15) is 80.6 Å². The van der Waals surface area contributed by atoms with Gasteiger partial charge in [0.15, 0.2) is 7.14 Å². The monoisotopic (exact) mass is 1140 g/mol. The number of aromatic hydroxyl groups is 1. The van der Waals surface area contributed by atoms with Crippen LogP contribution in [-0.4, -0.2) is 10.7 Å².